The van der Waals surface area contributed by atoms with Crippen LogP contribution in [0, 0.1) is 18.6 Å². The summed E-state index contributed by atoms with van der Waals surface area (Å²) in [5, 5.41) is 10.9. The highest BCUT2D eigenvalue weighted by Gasteiger charge is 2.10. The molecule has 0 aliphatic heterocycles. The van der Waals surface area contributed by atoms with Gasteiger partial charge in [-0.2, -0.15) is 0 Å². The fraction of sp³-hybridized carbons (Fsp3) is 0.182. The molecule has 5 nitrogen and oxygen atoms in total. The molecule has 0 saturated carbocycles. The van der Waals surface area contributed by atoms with E-state index >= 15 is 0 Å². The first-order chi connectivity index (χ1) is 9.04. The van der Waals surface area contributed by atoms with Gasteiger partial charge in [0.2, 0.25) is 5.13 Å². The van der Waals surface area contributed by atoms with Gasteiger partial charge in [0.1, 0.15) is 10.8 Å². The highest BCUT2D eigenvalue weighted by atomic mass is 32.1. The molecule has 0 atom stereocenters. The molecule has 19 heavy (non-hydrogen) atoms. The predicted molar refractivity (Wildman–Crippen MR) is 65.1 cm³/mol. The number of aromatic nitrogens is 2. The Morgan fingerprint density at radius 3 is 2.84 bits per heavy atom. The molecule has 0 radical (unpaired) electrons. The van der Waals surface area contributed by atoms with Crippen LogP contribution in [0.15, 0.2) is 18.2 Å². The van der Waals surface area contributed by atoms with Gasteiger partial charge in [0.15, 0.2) is 18.2 Å². The van der Waals surface area contributed by atoms with Crippen molar-refractivity contribution in [2.24, 2.45) is 0 Å². The van der Waals surface area contributed by atoms with E-state index < -0.39 is 24.1 Å². The normalized spacial score (nSPS) is 10.3. The van der Waals surface area contributed by atoms with E-state index in [9.17, 15) is 13.6 Å². The van der Waals surface area contributed by atoms with E-state index in [-0.39, 0.29) is 5.75 Å². The number of amides is 1. The second-order valence-electron chi connectivity index (χ2n) is 3.54. The Balaban J connectivity index is 1.89. The quantitative estimate of drug-likeness (QED) is 0.934. The molecular weight excluding hydrogens is 276 g/mol. The number of carbonyl (C=O) groups is 1. The lowest BCUT2D eigenvalue weighted by molar-refractivity contribution is -0.118. The van der Waals surface area contributed by atoms with Crippen molar-refractivity contribution in [1.82, 2.24) is 10.2 Å². The van der Waals surface area contributed by atoms with Crippen molar-refractivity contribution >= 4 is 22.4 Å². The second kappa shape index (κ2) is 5.70. The number of hydrogen-bond acceptors (Lipinski definition) is 5. The van der Waals surface area contributed by atoms with E-state index in [0.717, 1.165) is 12.1 Å². The minimum absolute atomic E-state index is 0.190. The van der Waals surface area contributed by atoms with Gasteiger partial charge in [-0.15, -0.1) is 10.2 Å². The SMILES string of the molecule is Cc1nnc(NC(=O)COc2ccc(F)cc2F)s1. The van der Waals surface area contributed by atoms with Gasteiger partial charge in [0.05, 0.1) is 0 Å². The van der Waals surface area contributed by atoms with Crippen LogP contribution in [0.1, 0.15) is 5.01 Å². The van der Waals surface area contributed by atoms with Gasteiger partial charge >= 0.3 is 0 Å². The Morgan fingerprint density at radius 1 is 1.42 bits per heavy atom. The Hall–Kier alpha value is -2.09. The number of benzene rings is 1. The predicted octanol–water partition coefficient (Wildman–Crippen LogP) is 2.14. The topological polar surface area (TPSA) is 64.1 Å². The summed E-state index contributed by atoms with van der Waals surface area (Å²) in [6.45, 7) is 1.35. The zero-order chi connectivity index (χ0) is 13.8. The lowest BCUT2D eigenvalue weighted by atomic mass is 10.3. The van der Waals surface area contributed by atoms with Gasteiger partial charge in [-0.05, 0) is 19.1 Å². The van der Waals surface area contributed by atoms with Crippen LogP contribution in [-0.2, 0) is 4.79 Å². The fourth-order valence-corrected chi connectivity index (χ4v) is 1.85. The molecule has 0 aliphatic carbocycles. The van der Waals surface area contributed by atoms with Gasteiger partial charge < -0.3 is 4.74 Å². The van der Waals surface area contributed by atoms with Gasteiger partial charge in [0.25, 0.3) is 5.91 Å². The van der Waals surface area contributed by atoms with E-state index in [2.05, 4.69) is 15.5 Å². The number of anilines is 1. The van der Waals surface area contributed by atoms with E-state index in [1.54, 1.807) is 6.92 Å². The summed E-state index contributed by atoms with van der Waals surface area (Å²) >= 11 is 1.21. The Kier molecular flexibility index (Phi) is 4.00. The molecule has 1 aromatic heterocycles. The summed E-state index contributed by atoms with van der Waals surface area (Å²) in [5.74, 6) is -2.26. The average molecular weight is 285 g/mol. The first kappa shape index (κ1) is 13.3. The van der Waals surface area contributed by atoms with E-state index in [1.807, 2.05) is 0 Å². The highest BCUT2D eigenvalue weighted by Crippen LogP contribution is 2.18. The van der Waals surface area contributed by atoms with Crippen LogP contribution in [0.25, 0.3) is 0 Å². The van der Waals surface area contributed by atoms with Crippen LogP contribution < -0.4 is 10.1 Å². The summed E-state index contributed by atoms with van der Waals surface area (Å²) in [5.41, 5.74) is 0. The molecule has 0 spiro atoms. The van der Waals surface area contributed by atoms with Crippen molar-refractivity contribution in [3.63, 3.8) is 0 Å². The molecular formula is C11H9F2N3O2S. The average Bonchev–Trinajstić information content (AvgIpc) is 2.73. The first-order valence-corrected chi connectivity index (χ1v) is 6.04. The summed E-state index contributed by atoms with van der Waals surface area (Å²) < 4.78 is 30.8. The first-order valence-electron chi connectivity index (χ1n) is 5.22. The molecule has 0 fully saturated rings. The number of rotatable bonds is 4. The Labute approximate surface area is 111 Å². The smallest absolute Gasteiger partial charge is 0.264 e. The number of halogens is 2. The zero-order valence-corrected chi connectivity index (χ0v) is 10.6. The molecule has 1 amide bonds. The lowest BCUT2D eigenvalue weighted by Gasteiger charge is -2.06. The molecule has 1 N–H and O–H groups in total. The molecule has 8 heteroatoms. The zero-order valence-electron chi connectivity index (χ0n) is 9.81. The minimum atomic E-state index is -0.862. The van der Waals surface area contributed by atoms with Crippen molar-refractivity contribution in [3.05, 3.63) is 34.8 Å². The number of aryl methyl sites for hydroxylation is 1. The summed E-state index contributed by atoms with van der Waals surface area (Å²) in [6.07, 6.45) is 0. The third kappa shape index (κ3) is 3.68. The molecule has 100 valence electrons. The Morgan fingerprint density at radius 2 is 2.21 bits per heavy atom. The van der Waals surface area contributed by atoms with Gasteiger partial charge in [-0.25, -0.2) is 8.78 Å². The van der Waals surface area contributed by atoms with Gasteiger partial charge in [-0.3, -0.25) is 10.1 Å². The van der Waals surface area contributed by atoms with Crippen molar-refractivity contribution < 1.29 is 18.3 Å². The van der Waals surface area contributed by atoms with Gasteiger partial charge in [-0.1, -0.05) is 11.3 Å². The Bertz CT molecular complexity index is 603. The maximum absolute atomic E-state index is 13.2. The van der Waals surface area contributed by atoms with Crippen molar-refractivity contribution in [2.45, 2.75) is 6.92 Å². The molecule has 0 bridgehead atoms. The maximum atomic E-state index is 13.2. The molecule has 2 rings (SSSR count). The van der Waals surface area contributed by atoms with Crippen LogP contribution in [0.5, 0.6) is 5.75 Å². The molecule has 0 saturated heterocycles. The number of ether oxygens (including phenoxy) is 1. The molecule has 1 aromatic carbocycles. The number of hydrogen-bond donors (Lipinski definition) is 1. The van der Waals surface area contributed by atoms with Crippen LogP contribution in [0.2, 0.25) is 0 Å². The van der Waals surface area contributed by atoms with Crippen molar-refractivity contribution in [2.75, 3.05) is 11.9 Å². The van der Waals surface area contributed by atoms with Crippen LogP contribution in [-0.4, -0.2) is 22.7 Å². The van der Waals surface area contributed by atoms with E-state index in [1.165, 1.54) is 11.3 Å². The molecule has 2 aromatic rings. The van der Waals surface area contributed by atoms with Crippen molar-refractivity contribution in [1.29, 1.82) is 0 Å². The van der Waals surface area contributed by atoms with Crippen molar-refractivity contribution in [3.8, 4) is 5.75 Å². The van der Waals surface area contributed by atoms with E-state index in [0.29, 0.717) is 16.2 Å². The van der Waals surface area contributed by atoms with E-state index in [4.69, 9.17) is 4.74 Å². The monoisotopic (exact) mass is 285 g/mol. The molecule has 0 unspecified atom stereocenters. The van der Waals surface area contributed by atoms with Crippen LogP contribution in [0.3, 0.4) is 0 Å². The largest absolute Gasteiger partial charge is 0.481 e. The third-order valence-electron chi connectivity index (χ3n) is 2.03. The maximum Gasteiger partial charge on any atom is 0.264 e. The summed E-state index contributed by atoms with van der Waals surface area (Å²) in [4.78, 5) is 11.5. The highest BCUT2D eigenvalue weighted by molar-refractivity contribution is 7.15. The second-order valence-corrected chi connectivity index (χ2v) is 4.72. The number of nitrogens with one attached hydrogen (secondary N) is 1. The standard InChI is InChI=1S/C11H9F2N3O2S/c1-6-15-16-11(19-6)14-10(17)5-18-9-3-2-7(12)4-8(9)13/h2-4H,5H2,1H3,(H,14,16,17). The summed E-state index contributed by atoms with van der Waals surface area (Å²) in [7, 11) is 0. The van der Waals surface area contributed by atoms with Gasteiger partial charge in [0, 0.05) is 6.07 Å². The molecule has 1 heterocycles. The number of carbonyl (C=O) groups excluding carboxylic acids is 1. The lowest BCUT2D eigenvalue weighted by Crippen LogP contribution is -2.20. The minimum Gasteiger partial charge on any atom is -0.481 e. The molecule has 0 aliphatic rings. The van der Waals surface area contributed by atoms with Crippen LogP contribution in [0.4, 0.5) is 13.9 Å². The fourth-order valence-electron chi connectivity index (χ4n) is 1.24. The summed E-state index contributed by atoms with van der Waals surface area (Å²) in [6, 6.07) is 2.85. The number of nitrogens with zero attached hydrogens (tertiary/aromatic N) is 2. The van der Waals surface area contributed by atoms with Crippen LogP contribution >= 0.6 is 11.3 Å². The third-order valence-corrected chi connectivity index (χ3v) is 2.78.